The van der Waals surface area contributed by atoms with E-state index in [4.69, 9.17) is 0 Å². The fraction of sp³-hybridized carbons (Fsp3) is 0.529. The van der Waals surface area contributed by atoms with Crippen LogP contribution in [0.1, 0.15) is 39.7 Å². The van der Waals surface area contributed by atoms with E-state index < -0.39 is 0 Å². The van der Waals surface area contributed by atoms with Crippen LogP contribution in [0.3, 0.4) is 0 Å². The molecule has 2 heteroatoms. The van der Waals surface area contributed by atoms with Crippen molar-refractivity contribution in [1.29, 1.82) is 0 Å². The van der Waals surface area contributed by atoms with Gasteiger partial charge in [0.05, 0.1) is 0 Å². The molecule has 0 fully saturated rings. The highest BCUT2D eigenvalue weighted by Crippen LogP contribution is 2.17. The van der Waals surface area contributed by atoms with Gasteiger partial charge in [-0.1, -0.05) is 45.9 Å². The van der Waals surface area contributed by atoms with Crippen LogP contribution in [0.4, 0.5) is 0 Å². The van der Waals surface area contributed by atoms with Crippen LogP contribution in [0, 0.1) is 5.92 Å². The van der Waals surface area contributed by atoms with E-state index in [2.05, 4.69) is 54.6 Å². The summed E-state index contributed by atoms with van der Waals surface area (Å²) < 4.78 is 0. The molecule has 0 aliphatic rings. The van der Waals surface area contributed by atoms with Crippen molar-refractivity contribution in [3.63, 3.8) is 0 Å². The maximum absolute atomic E-state index is 3.51. The monoisotopic (exact) mass is 260 g/mol. The number of nitrogens with one attached hydrogen (secondary N) is 2. The summed E-state index contributed by atoms with van der Waals surface area (Å²) in [5.74, 6) is 0.788. The van der Waals surface area contributed by atoms with Crippen LogP contribution < -0.4 is 5.32 Å². The van der Waals surface area contributed by atoms with E-state index in [-0.39, 0.29) is 0 Å². The van der Waals surface area contributed by atoms with Crippen LogP contribution in [0.25, 0.3) is 10.9 Å². The largest absolute Gasteiger partial charge is 0.361 e. The third-order valence-electron chi connectivity index (χ3n) is 3.14. The summed E-state index contributed by atoms with van der Waals surface area (Å²) in [7, 11) is 0. The molecule has 0 unspecified atom stereocenters. The van der Waals surface area contributed by atoms with Gasteiger partial charge in [-0.15, -0.1) is 0 Å². The molecule has 0 aliphatic heterocycles. The Hall–Kier alpha value is -1.28. The summed E-state index contributed by atoms with van der Waals surface area (Å²) >= 11 is 0. The van der Waals surface area contributed by atoms with Crippen molar-refractivity contribution in [3.8, 4) is 0 Å². The summed E-state index contributed by atoms with van der Waals surface area (Å²) in [6.45, 7) is 10.7. The Bertz CT molecular complexity index is 457. The normalized spacial score (nSPS) is 10.6. The molecule has 1 aromatic carbocycles. The van der Waals surface area contributed by atoms with Crippen LogP contribution in [-0.2, 0) is 6.42 Å². The summed E-state index contributed by atoms with van der Waals surface area (Å²) in [5, 5.41) is 4.87. The number of fused-ring (bicyclic) bond motifs is 1. The number of aromatic nitrogens is 1. The van der Waals surface area contributed by atoms with Gasteiger partial charge < -0.3 is 10.3 Å². The molecule has 2 N–H and O–H groups in total. The van der Waals surface area contributed by atoms with E-state index in [1.165, 1.54) is 22.9 Å². The fourth-order valence-corrected chi connectivity index (χ4v) is 2.08. The number of aromatic amines is 1. The molecule has 0 saturated heterocycles. The predicted octanol–water partition coefficient (Wildman–Crippen LogP) is 4.37. The second kappa shape index (κ2) is 8.76. The van der Waals surface area contributed by atoms with Crippen LogP contribution in [0.5, 0.6) is 0 Å². The highest BCUT2D eigenvalue weighted by atomic mass is 14.8. The van der Waals surface area contributed by atoms with Crippen molar-refractivity contribution in [2.24, 2.45) is 5.92 Å². The van der Waals surface area contributed by atoms with Crippen molar-refractivity contribution in [2.45, 2.75) is 40.5 Å². The SMILES string of the molecule is CC.CC(C)CCNCCc1c[nH]c2ccccc12. The first kappa shape index (κ1) is 15.8. The van der Waals surface area contributed by atoms with Gasteiger partial charge in [-0.3, -0.25) is 0 Å². The van der Waals surface area contributed by atoms with Gasteiger partial charge in [0, 0.05) is 17.1 Å². The van der Waals surface area contributed by atoms with Gasteiger partial charge >= 0.3 is 0 Å². The first-order chi connectivity index (χ1) is 9.27. The van der Waals surface area contributed by atoms with Crippen molar-refractivity contribution >= 4 is 10.9 Å². The maximum Gasteiger partial charge on any atom is 0.0456 e. The zero-order chi connectivity index (χ0) is 14.1. The van der Waals surface area contributed by atoms with Gasteiger partial charge in [-0.25, -0.2) is 0 Å². The molecule has 2 nitrogen and oxygen atoms in total. The maximum atomic E-state index is 3.51. The van der Waals surface area contributed by atoms with Crippen molar-refractivity contribution in [1.82, 2.24) is 10.3 Å². The molecule has 1 heterocycles. The first-order valence-corrected chi connectivity index (χ1v) is 7.53. The lowest BCUT2D eigenvalue weighted by Crippen LogP contribution is -2.19. The van der Waals surface area contributed by atoms with E-state index in [0.29, 0.717) is 0 Å². The molecular weight excluding hydrogens is 232 g/mol. The fourth-order valence-electron chi connectivity index (χ4n) is 2.08. The van der Waals surface area contributed by atoms with Gasteiger partial charge in [-0.05, 0) is 43.5 Å². The second-order valence-corrected chi connectivity index (χ2v) is 5.04. The Labute approximate surface area is 117 Å². The lowest BCUT2D eigenvalue weighted by atomic mass is 10.1. The number of para-hydroxylation sites is 1. The molecule has 0 saturated carbocycles. The predicted molar refractivity (Wildman–Crippen MR) is 85.7 cm³/mol. The lowest BCUT2D eigenvalue weighted by Gasteiger charge is -2.06. The smallest absolute Gasteiger partial charge is 0.0456 e. The summed E-state index contributed by atoms with van der Waals surface area (Å²) in [4.78, 5) is 3.32. The van der Waals surface area contributed by atoms with Crippen LogP contribution in [0.15, 0.2) is 30.5 Å². The van der Waals surface area contributed by atoms with Gasteiger partial charge in [0.1, 0.15) is 0 Å². The average Bonchev–Trinajstić information content (AvgIpc) is 2.84. The molecule has 0 radical (unpaired) electrons. The van der Waals surface area contributed by atoms with E-state index in [0.717, 1.165) is 25.4 Å². The number of H-pyrrole nitrogens is 1. The van der Waals surface area contributed by atoms with Gasteiger partial charge in [0.25, 0.3) is 0 Å². The molecule has 0 bridgehead atoms. The number of rotatable bonds is 6. The molecule has 19 heavy (non-hydrogen) atoms. The quantitative estimate of drug-likeness (QED) is 0.741. The van der Waals surface area contributed by atoms with Crippen molar-refractivity contribution in [3.05, 3.63) is 36.0 Å². The Morgan fingerprint density at radius 2 is 1.84 bits per heavy atom. The zero-order valence-electron chi connectivity index (χ0n) is 12.8. The Balaban J connectivity index is 0.000000861. The third-order valence-corrected chi connectivity index (χ3v) is 3.14. The van der Waals surface area contributed by atoms with Crippen molar-refractivity contribution < 1.29 is 0 Å². The van der Waals surface area contributed by atoms with Crippen LogP contribution in [-0.4, -0.2) is 18.1 Å². The second-order valence-electron chi connectivity index (χ2n) is 5.04. The average molecular weight is 260 g/mol. The molecule has 106 valence electrons. The van der Waals surface area contributed by atoms with E-state index in [1.807, 2.05) is 13.8 Å². The molecule has 0 spiro atoms. The number of hydrogen-bond donors (Lipinski definition) is 2. The van der Waals surface area contributed by atoms with Crippen LogP contribution >= 0.6 is 0 Å². The van der Waals surface area contributed by atoms with E-state index >= 15 is 0 Å². The Kier molecular flexibility index (Phi) is 7.27. The Morgan fingerprint density at radius 1 is 1.11 bits per heavy atom. The first-order valence-electron chi connectivity index (χ1n) is 7.53. The molecule has 0 atom stereocenters. The number of benzene rings is 1. The molecule has 2 aromatic rings. The van der Waals surface area contributed by atoms with E-state index in [9.17, 15) is 0 Å². The number of hydrogen-bond acceptors (Lipinski definition) is 1. The summed E-state index contributed by atoms with van der Waals surface area (Å²) in [6, 6.07) is 8.50. The summed E-state index contributed by atoms with van der Waals surface area (Å²) in [6.07, 6.45) is 4.49. The topological polar surface area (TPSA) is 27.8 Å². The minimum atomic E-state index is 0.788. The summed E-state index contributed by atoms with van der Waals surface area (Å²) in [5.41, 5.74) is 2.65. The standard InChI is InChI=1S/C15H22N2.C2H6/c1-12(2)7-9-16-10-8-13-11-17-15-6-4-3-5-14(13)15;1-2/h3-6,11-12,16-17H,7-10H2,1-2H3;1-2H3. The molecule has 0 aliphatic carbocycles. The van der Waals surface area contributed by atoms with Crippen LogP contribution in [0.2, 0.25) is 0 Å². The highest BCUT2D eigenvalue weighted by molar-refractivity contribution is 5.83. The minimum absolute atomic E-state index is 0.788. The van der Waals surface area contributed by atoms with Gasteiger partial charge in [0.15, 0.2) is 0 Å². The van der Waals surface area contributed by atoms with E-state index in [1.54, 1.807) is 0 Å². The minimum Gasteiger partial charge on any atom is -0.361 e. The molecule has 2 rings (SSSR count). The van der Waals surface area contributed by atoms with Gasteiger partial charge in [-0.2, -0.15) is 0 Å². The molecule has 0 amide bonds. The van der Waals surface area contributed by atoms with Crippen molar-refractivity contribution in [2.75, 3.05) is 13.1 Å². The molecule has 1 aromatic heterocycles. The van der Waals surface area contributed by atoms with Gasteiger partial charge in [0.2, 0.25) is 0 Å². The zero-order valence-corrected chi connectivity index (χ0v) is 12.8. The lowest BCUT2D eigenvalue weighted by molar-refractivity contribution is 0.539. The highest BCUT2D eigenvalue weighted by Gasteiger charge is 2.01. The third kappa shape index (κ3) is 5.07. The Morgan fingerprint density at radius 3 is 2.58 bits per heavy atom. The molecular formula is C17H28N2.